The molecular weight excluding hydrogens is 576 g/mol. The Morgan fingerprint density at radius 3 is 2.26 bits per heavy atom. The van der Waals surface area contributed by atoms with Crippen LogP contribution in [0.3, 0.4) is 0 Å². The maximum absolute atomic E-state index is 13.7. The van der Waals surface area contributed by atoms with Crippen molar-refractivity contribution in [3.05, 3.63) is 41.5 Å². The van der Waals surface area contributed by atoms with Crippen molar-refractivity contribution in [2.75, 3.05) is 44.9 Å². The molecule has 1 aliphatic carbocycles. The largest absolute Gasteiger partial charge is 0.497 e. The van der Waals surface area contributed by atoms with Crippen LogP contribution in [0, 0.1) is 0 Å². The van der Waals surface area contributed by atoms with Gasteiger partial charge in [0.1, 0.15) is 23.4 Å². The highest BCUT2D eigenvalue weighted by atomic mass is 32.3. The Balaban J connectivity index is 1.42. The smallest absolute Gasteiger partial charge is 0.243 e. The summed E-state index contributed by atoms with van der Waals surface area (Å²) < 4.78 is 30.2. The van der Waals surface area contributed by atoms with Gasteiger partial charge in [-0.25, -0.2) is 0 Å². The van der Waals surface area contributed by atoms with E-state index in [4.69, 9.17) is 9.47 Å². The average Bonchev–Trinajstić information content (AvgIpc) is 3.51. The van der Waals surface area contributed by atoms with Crippen LogP contribution >= 0.6 is 10.6 Å². The second-order valence-corrected chi connectivity index (χ2v) is 14.2. The first-order valence-corrected chi connectivity index (χ1v) is 16.6. The molecule has 0 unspecified atom stereocenters. The van der Waals surface area contributed by atoms with Gasteiger partial charge < -0.3 is 25.4 Å². The Bertz CT molecular complexity index is 1210. The number of Topliss-reactive ketones (excluding diaryl/α,β-unsaturated/α-hetero) is 1. The van der Waals surface area contributed by atoms with Gasteiger partial charge in [-0.15, -0.1) is 0 Å². The van der Waals surface area contributed by atoms with Gasteiger partial charge in [0.25, 0.3) is 0 Å². The van der Waals surface area contributed by atoms with Crippen molar-refractivity contribution in [2.24, 2.45) is 0 Å². The number of rotatable bonds is 14. The molecule has 0 aromatic heterocycles. The molecule has 2 fully saturated rings. The molecular formula is C30H44N4O8S. The highest BCUT2D eigenvalue weighted by Crippen LogP contribution is 2.40. The topological polar surface area (TPSA) is 170 Å². The van der Waals surface area contributed by atoms with Crippen LogP contribution in [0.2, 0.25) is 0 Å². The van der Waals surface area contributed by atoms with Gasteiger partial charge in [-0.3, -0.25) is 33.2 Å². The van der Waals surface area contributed by atoms with Crippen molar-refractivity contribution in [1.29, 1.82) is 0 Å². The van der Waals surface area contributed by atoms with Crippen LogP contribution in [-0.4, -0.2) is 106 Å². The van der Waals surface area contributed by atoms with E-state index in [1.807, 2.05) is 0 Å². The van der Waals surface area contributed by atoms with Gasteiger partial charge >= 0.3 is 0 Å². The van der Waals surface area contributed by atoms with Crippen LogP contribution in [-0.2, 0) is 30.3 Å². The summed E-state index contributed by atoms with van der Waals surface area (Å²) in [6.07, 6.45) is 5.49. The molecule has 1 aromatic carbocycles. The molecule has 12 nitrogen and oxygen atoms in total. The lowest BCUT2D eigenvalue weighted by Crippen LogP contribution is -2.57. The molecule has 4 rings (SSSR count). The molecule has 3 amide bonds. The van der Waals surface area contributed by atoms with E-state index in [1.54, 1.807) is 43.2 Å². The molecule has 1 aromatic rings. The highest BCUT2D eigenvalue weighted by molar-refractivity contribution is 8.24. The van der Waals surface area contributed by atoms with Gasteiger partial charge in [0.2, 0.25) is 17.7 Å². The van der Waals surface area contributed by atoms with E-state index >= 15 is 0 Å². The monoisotopic (exact) mass is 620 g/mol. The fourth-order valence-corrected chi connectivity index (χ4v) is 6.57. The molecule has 2 saturated heterocycles. The lowest BCUT2D eigenvalue weighted by atomic mass is 9.94. The first-order valence-electron chi connectivity index (χ1n) is 14.7. The number of methoxy groups -OCH3 is 1. The van der Waals surface area contributed by atoms with Crippen LogP contribution in [0.1, 0.15) is 45.1 Å². The summed E-state index contributed by atoms with van der Waals surface area (Å²) in [5, 5.41) is 8.34. The highest BCUT2D eigenvalue weighted by Gasteiger charge is 2.50. The number of allylic oxidation sites excluding steroid dienone is 1. The number of amides is 3. The van der Waals surface area contributed by atoms with E-state index in [-0.39, 0.29) is 36.2 Å². The van der Waals surface area contributed by atoms with Crippen molar-refractivity contribution >= 4 is 34.1 Å². The fourth-order valence-electron chi connectivity index (χ4n) is 5.27. The fraction of sp³-hybridized carbons (Fsp3) is 0.600. The maximum atomic E-state index is 13.7. The first-order chi connectivity index (χ1) is 20.4. The van der Waals surface area contributed by atoms with Gasteiger partial charge in [0.15, 0.2) is 5.78 Å². The second-order valence-electron chi connectivity index (χ2n) is 11.8. The third kappa shape index (κ3) is 9.51. The third-order valence-electron chi connectivity index (χ3n) is 8.17. The zero-order valence-corrected chi connectivity index (χ0v) is 25.9. The first kappa shape index (κ1) is 32.9. The lowest BCUT2D eigenvalue weighted by Gasteiger charge is -2.40. The summed E-state index contributed by atoms with van der Waals surface area (Å²) in [7, 11) is -1.02. The summed E-state index contributed by atoms with van der Waals surface area (Å²) in [5.74, 6) is -0.551. The van der Waals surface area contributed by atoms with Crippen molar-refractivity contribution in [2.45, 2.75) is 69.7 Å². The summed E-state index contributed by atoms with van der Waals surface area (Å²) in [6, 6.07) is 4.37. The minimum absolute atomic E-state index is 0.0172. The number of ketones is 1. The van der Waals surface area contributed by atoms with E-state index in [9.17, 15) is 28.3 Å². The van der Waals surface area contributed by atoms with Crippen molar-refractivity contribution in [3.8, 4) is 5.75 Å². The van der Waals surface area contributed by atoms with Crippen LogP contribution in [0.5, 0.6) is 5.75 Å². The molecule has 3 aliphatic rings. The molecule has 13 heteroatoms. The second kappa shape index (κ2) is 14.2. The number of hydrogen-bond donors (Lipinski definition) is 5. The predicted molar refractivity (Wildman–Crippen MR) is 163 cm³/mol. The van der Waals surface area contributed by atoms with Crippen LogP contribution < -0.4 is 20.7 Å². The third-order valence-corrected chi connectivity index (χ3v) is 9.84. The Morgan fingerprint density at radius 2 is 1.67 bits per heavy atom. The van der Waals surface area contributed by atoms with Crippen LogP contribution in [0.25, 0.3) is 0 Å². The number of epoxide rings is 1. The molecule has 43 heavy (non-hydrogen) atoms. The summed E-state index contributed by atoms with van der Waals surface area (Å²) >= 11 is 0. The van der Waals surface area contributed by atoms with E-state index in [0.717, 1.165) is 30.4 Å². The van der Waals surface area contributed by atoms with Gasteiger partial charge in [0, 0.05) is 19.5 Å². The molecule has 0 saturated carbocycles. The summed E-state index contributed by atoms with van der Waals surface area (Å²) in [6.45, 7) is 4.33. The van der Waals surface area contributed by atoms with Crippen molar-refractivity contribution in [3.63, 3.8) is 0 Å². The number of ether oxygens (including phenoxy) is 2. The molecule has 0 radical (unpaired) electrons. The minimum atomic E-state index is -2.58. The standard InChI is InChI=1S/C30H44N4O8S/c1-20(31-26(35)18-34-12-14-43(39,40)15-13-34)28(37)33-25(17-22-8-10-23(41-3)11-9-22)29(38)32-24(16-21-6-4-5-7-21)27(36)30(2)19-42-30/h6,8-11,20,24-25,39-40H,4-5,7,12-19H2,1-3H3,(H,31,35)(H,32,38)(H,33,37)/t20-,24-,25-,30-/m0/s1. The van der Waals surface area contributed by atoms with E-state index < -0.39 is 46.1 Å². The van der Waals surface area contributed by atoms with E-state index in [2.05, 4.69) is 22.0 Å². The van der Waals surface area contributed by atoms with Crippen molar-refractivity contribution < 1.29 is 37.8 Å². The number of nitrogens with one attached hydrogen (secondary N) is 3. The van der Waals surface area contributed by atoms with Gasteiger partial charge in [-0.1, -0.05) is 23.8 Å². The lowest BCUT2D eigenvalue weighted by molar-refractivity contribution is -0.134. The van der Waals surface area contributed by atoms with E-state index in [1.165, 1.54) is 6.92 Å². The molecule has 4 atom stereocenters. The Labute approximate surface area is 254 Å². The number of carbonyl (C=O) groups is 4. The van der Waals surface area contributed by atoms with Crippen molar-refractivity contribution in [1.82, 2.24) is 20.9 Å². The quantitative estimate of drug-likeness (QED) is 0.153. The number of hydrogen-bond acceptors (Lipinski definition) is 9. The summed E-state index contributed by atoms with van der Waals surface area (Å²) in [5.41, 5.74) is 0.970. The maximum Gasteiger partial charge on any atom is 0.243 e. The molecule has 2 heterocycles. The average molecular weight is 621 g/mol. The van der Waals surface area contributed by atoms with E-state index in [0.29, 0.717) is 31.9 Å². The Kier molecular flexibility index (Phi) is 10.9. The summed E-state index contributed by atoms with van der Waals surface area (Å²) in [4.78, 5) is 54.7. The molecule has 2 aliphatic heterocycles. The SMILES string of the molecule is COc1ccc(C[C@H](NC(=O)[C@H](C)NC(=O)CN2CCS(O)(O)CC2)C(=O)N[C@@H](CC2=CCCC2)C(=O)[C@]2(C)CO2)cc1. The zero-order valence-electron chi connectivity index (χ0n) is 25.1. The molecule has 0 bridgehead atoms. The molecule has 238 valence electrons. The minimum Gasteiger partial charge on any atom is -0.497 e. The molecule has 0 spiro atoms. The Morgan fingerprint density at radius 1 is 1.02 bits per heavy atom. The van der Waals surface area contributed by atoms with Gasteiger partial charge in [-0.05, 0) is 57.2 Å². The molecule has 5 N–H and O–H groups in total. The van der Waals surface area contributed by atoms with Gasteiger partial charge in [0.05, 0.1) is 37.8 Å². The predicted octanol–water partition coefficient (Wildman–Crippen LogP) is 1.64. The zero-order chi connectivity index (χ0) is 31.2. The number of nitrogens with zero attached hydrogens (tertiary/aromatic N) is 1. The number of carbonyl (C=O) groups excluding carboxylic acids is 4. The van der Waals surface area contributed by atoms with Crippen LogP contribution in [0.4, 0.5) is 0 Å². The Hall–Kier alpha value is -2.97. The normalized spacial score (nSPS) is 24.1. The van der Waals surface area contributed by atoms with Crippen LogP contribution in [0.15, 0.2) is 35.9 Å². The number of benzene rings is 1. The van der Waals surface area contributed by atoms with Gasteiger partial charge in [-0.2, -0.15) is 10.6 Å².